The summed E-state index contributed by atoms with van der Waals surface area (Å²) in [6.45, 7) is 2.90. The minimum absolute atomic E-state index is 0. The van der Waals surface area contributed by atoms with E-state index in [0.29, 0.717) is 13.1 Å². The second kappa shape index (κ2) is 8.87. The molecule has 1 fully saturated rings. The molecule has 1 heterocycles. The standard InChI is InChI=1S/C20H24N2O3S.ClH/c1-15-7-9-17(10-8-15)26(24,25)12-11-20(23)22-13-18(19(21)14-22)16-5-3-2-4-6-16;/h2-10,18-19H,11-14,21H2,1H3;1H/t18-,19+;/m0./s1. The van der Waals surface area contributed by atoms with Crippen molar-refractivity contribution in [2.24, 2.45) is 5.73 Å². The van der Waals surface area contributed by atoms with Gasteiger partial charge in [0.05, 0.1) is 10.6 Å². The van der Waals surface area contributed by atoms with Crippen molar-refractivity contribution < 1.29 is 13.2 Å². The fraction of sp³-hybridized carbons (Fsp3) is 0.350. The van der Waals surface area contributed by atoms with Crippen molar-refractivity contribution in [2.45, 2.75) is 30.2 Å². The first-order valence-electron chi connectivity index (χ1n) is 8.74. The van der Waals surface area contributed by atoms with Gasteiger partial charge in [0.1, 0.15) is 0 Å². The molecule has 3 rings (SSSR count). The molecule has 1 saturated heterocycles. The number of likely N-dealkylation sites (tertiary alicyclic amines) is 1. The molecule has 0 spiro atoms. The Bertz CT molecular complexity index is 870. The number of carbonyl (C=O) groups is 1. The Labute approximate surface area is 166 Å². The molecule has 0 aromatic heterocycles. The number of hydrogen-bond donors (Lipinski definition) is 1. The molecule has 0 saturated carbocycles. The van der Waals surface area contributed by atoms with Crippen molar-refractivity contribution in [1.82, 2.24) is 4.90 Å². The van der Waals surface area contributed by atoms with Crippen LogP contribution in [0.2, 0.25) is 0 Å². The predicted octanol–water partition coefficient (Wildman–Crippen LogP) is 2.53. The zero-order chi connectivity index (χ0) is 18.7. The Kier molecular flexibility index (Phi) is 7.03. The third-order valence-corrected chi connectivity index (χ3v) is 6.64. The normalized spacial score (nSPS) is 19.6. The van der Waals surface area contributed by atoms with Gasteiger partial charge in [-0.15, -0.1) is 12.4 Å². The lowest BCUT2D eigenvalue weighted by molar-refractivity contribution is -0.129. The van der Waals surface area contributed by atoms with Gasteiger partial charge >= 0.3 is 0 Å². The van der Waals surface area contributed by atoms with Gasteiger partial charge in [-0.3, -0.25) is 4.79 Å². The fourth-order valence-electron chi connectivity index (χ4n) is 3.33. The second-order valence-electron chi connectivity index (χ2n) is 6.86. The highest BCUT2D eigenvalue weighted by Crippen LogP contribution is 2.27. The summed E-state index contributed by atoms with van der Waals surface area (Å²) in [6.07, 6.45) is -0.0234. The van der Waals surface area contributed by atoms with Gasteiger partial charge in [-0.1, -0.05) is 48.0 Å². The Hall–Kier alpha value is -1.89. The summed E-state index contributed by atoms with van der Waals surface area (Å²) in [5.41, 5.74) is 8.33. The minimum atomic E-state index is -3.46. The van der Waals surface area contributed by atoms with E-state index in [0.717, 1.165) is 11.1 Å². The Morgan fingerprint density at radius 2 is 1.70 bits per heavy atom. The van der Waals surface area contributed by atoms with Crippen molar-refractivity contribution in [3.8, 4) is 0 Å². The first kappa shape index (κ1) is 21.4. The molecular formula is C20H25ClN2O3S. The first-order valence-corrected chi connectivity index (χ1v) is 10.4. The quantitative estimate of drug-likeness (QED) is 0.824. The smallest absolute Gasteiger partial charge is 0.223 e. The van der Waals surface area contributed by atoms with E-state index < -0.39 is 9.84 Å². The van der Waals surface area contributed by atoms with Gasteiger partial charge in [0.2, 0.25) is 5.91 Å². The number of nitrogens with two attached hydrogens (primary N) is 1. The van der Waals surface area contributed by atoms with E-state index >= 15 is 0 Å². The summed E-state index contributed by atoms with van der Waals surface area (Å²) in [5.74, 6) is -0.250. The highest BCUT2D eigenvalue weighted by atomic mass is 35.5. The number of benzene rings is 2. The molecule has 2 aromatic rings. The molecule has 27 heavy (non-hydrogen) atoms. The van der Waals surface area contributed by atoms with Gasteiger partial charge in [0.25, 0.3) is 0 Å². The maximum Gasteiger partial charge on any atom is 0.223 e. The summed E-state index contributed by atoms with van der Waals surface area (Å²) in [7, 11) is -3.46. The number of aryl methyl sites for hydroxylation is 1. The SMILES string of the molecule is Cc1ccc(S(=O)(=O)CCC(=O)N2C[C@@H](N)[C@H](c3ccccc3)C2)cc1.Cl. The van der Waals surface area contributed by atoms with E-state index in [1.165, 1.54) is 0 Å². The highest BCUT2D eigenvalue weighted by Gasteiger charge is 2.34. The van der Waals surface area contributed by atoms with Crippen LogP contribution in [-0.4, -0.2) is 44.1 Å². The Morgan fingerprint density at radius 1 is 1.07 bits per heavy atom. The summed E-state index contributed by atoms with van der Waals surface area (Å²) in [6, 6.07) is 16.5. The van der Waals surface area contributed by atoms with Gasteiger partial charge in [-0.2, -0.15) is 0 Å². The second-order valence-corrected chi connectivity index (χ2v) is 8.97. The van der Waals surface area contributed by atoms with Crippen LogP contribution in [0.4, 0.5) is 0 Å². The van der Waals surface area contributed by atoms with E-state index in [2.05, 4.69) is 0 Å². The van der Waals surface area contributed by atoms with Crippen molar-refractivity contribution in [3.63, 3.8) is 0 Å². The van der Waals surface area contributed by atoms with Crippen LogP contribution in [0.1, 0.15) is 23.5 Å². The zero-order valence-corrected chi connectivity index (χ0v) is 16.9. The molecule has 0 aliphatic carbocycles. The molecule has 5 nitrogen and oxygen atoms in total. The summed E-state index contributed by atoms with van der Waals surface area (Å²) >= 11 is 0. The van der Waals surface area contributed by atoms with Crippen LogP contribution in [0.5, 0.6) is 0 Å². The largest absolute Gasteiger partial charge is 0.340 e. The lowest BCUT2D eigenvalue weighted by Crippen LogP contribution is -2.33. The number of hydrogen-bond acceptors (Lipinski definition) is 4. The average molecular weight is 409 g/mol. The van der Waals surface area contributed by atoms with Gasteiger partial charge in [0.15, 0.2) is 9.84 Å². The minimum Gasteiger partial charge on any atom is -0.340 e. The molecule has 0 unspecified atom stereocenters. The fourth-order valence-corrected chi connectivity index (χ4v) is 4.56. The number of amides is 1. The van der Waals surface area contributed by atoms with Gasteiger partial charge < -0.3 is 10.6 Å². The van der Waals surface area contributed by atoms with Crippen molar-refractivity contribution >= 4 is 28.2 Å². The number of nitrogens with zero attached hydrogens (tertiary/aromatic N) is 1. The molecule has 2 atom stereocenters. The number of carbonyl (C=O) groups excluding carboxylic acids is 1. The summed E-state index contributed by atoms with van der Waals surface area (Å²) in [5, 5.41) is 0. The third-order valence-electron chi connectivity index (χ3n) is 4.91. The molecule has 7 heteroatoms. The molecule has 0 bridgehead atoms. The lowest BCUT2D eigenvalue weighted by Gasteiger charge is -2.16. The van der Waals surface area contributed by atoms with Gasteiger partial charge in [-0.25, -0.2) is 8.42 Å². The van der Waals surface area contributed by atoms with E-state index in [4.69, 9.17) is 5.73 Å². The molecule has 2 aromatic carbocycles. The van der Waals surface area contributed by atoms with E-state index in [1.807, 2.05) is 37.3 Å². The maximum atomic E-state index is 12.5. The van der Waals surface area contributed by atoms with Crippen LogP contribution in [-0.2, 0) is 14.6 Å². The van der Waals surface area contributed by atoms with Crippen molar-refractivity contribution in [3.05, 3.63) is 65.7 Å². The van der Waals surface area contributed by atoms with Gasteiger partial charge in [-0.05, 0) is 24.6 Å². The molecule has 146 valence electrons. The van der Waals surface area contributed by atoms with Crippen molar-refractivity contribution in [1.29, 1.82) is 0 Å². The summed E-state index contributed by atoms with van der Waals surface area (Å²) in [4.78, 5) is 14.5. The number of rotatable bonds is 5. The van der Waals surface area contributed by atoms with Gasteiger partial charge in [0, 0.05) is 31.5 Å². The topological polar surface area (TPSA) is 80.5 Å². The number of halogens is 1. The lowest BCUT2D eigenvalue weighted by atomic mass is 9.95. The van der Waals surface area contributed by atoms with Crippen LogP contribution in [0, 0.1) is 6.92 Å². The van der Waals surface area contributed by atoms with E-state index in [1.54, 1.807) is 29.2 Å². The average Bonchev–Trinajstić information content (AvgIpc) is 3.03. The van der Waals surface area contributed by atoms with Crippen molar-refractivity contribution in [2.75, 3.05) is 18.8 Å². The van der Waals surface area contributed by atoms with Crippen LogP contribution in [0.15, 0.2) is 59.5 Å². The van der Waals surface area contributed by atoms with E-state index in [9.17, 15) is 13.2 Å². The molecule has 0 radical (unpaired) electrons. The zero-order valence-electron chi connectivity index (χ0n) is 15.2. The monoisotopic (exact) mass is 408 g/mol. The van der Waals surface area contributed by atoms with Crippen LogP contribution < -0.4 is 5.73 Å². The van der Waals surface area contributed by atoms with Crippen LogP contribution in [0.25, 0.3) is 0 Å². The first-order chi connectivity index (χ1) is 12.4. The molecular weight excluding hydrogens is 384 g/mol. The molecule has 1 aliphatic rings. The van der Waals surface area contributed by atoms with E-state index in [-0.39, 0.29) is 47.3 Å². The highest BCUT2D eigenvalue weighted by molar-refractivity contribution is 7.91. The van der Waals surface area contributed by atoms with Crippen LogP contribution >= 0.6 is 12.4 Å². The molecule has 1 aliphatic heterocycles. The molecule has 1 amide bonds. The maximum absolute atomic E-state index is 12.5. The predicted molar refractivity (Wildman–Crippen MR) is 109 cm³/mol. The van der Waals surface area contributed by atoms with Crippen LogP contribution in [0.3, 0.4) is 0 Å². The molecule has 2 N–H and O–H groups in total. The third kappa shape index (κ3) is 5.09. The Morgan fingerprint density at radius 3 is 2.33 bits per heavy atom. The summed E-state index contributed by atoms with van der Waals surface area (Å²) < 4.78 is 24.8. The number of sulfone groups is 1. The Balaban J connectivity index is 0.00000261.